The van der Waals surface area contributed by atoms with E-state index in [0.29, 0.717) is 19.5 Å². The summed E-state index contributed by atoms with van der Waals surface area (Å²) in [5.74, 6) is -0.0188. The predicted molar refractivity (Wildman–Crippen MR) is 92.7 cm³/mol. The molecule has 22 heavy (non-hydrogen) atoms. The molecule has 0 aromatic heterocycles. The number of hydrogen-bond donors (Lipinski definition) is 3. The van der Waals surface area contributed by atoms with E-state index in [2.05, 4.69) is 27.7 Å². The first-order chi connectivity index (χ1) is 9.65. The van der Waals surface area contributed by atoms with Gasteiger partial charge in [-0.05, 0) is 19.0 Å². The fourth-order valence-corrected chi connectivity index (χ4v) is 2.38. The monoisotopic (exact) mass is 349 g/mol. The number of aliphatic hydroxyl groups is 1. The van der Waals surface area contributed by atoms with Crippen molar-refractivity contribution in [3.63, 3.8) is 0 Å². The second kappa shape index (κ2) is 10.8. The lowest BCUT2D eigenvalue weighted by atomic mass is 10.2. The second-order valence-electron chi connectivity index (χ2n) is 5.36. The van der Waals surface area contributed by atoms with E-state index in [1.165, 1.54) is 5.56 Å². The van der Waals surface area contributed by atoms with E-state index in [4.69, 9.17) is 0 Å². The molecule has 5 nitrogen and oxygen atoms in total. The van der Waals surface area contributed by atoms with E-state index in [1.54, 1.807) is 0 Å². The summed E-state index contributed by atoms with van der Waals surface area (Å²) in [4.78, 5) is 14.0. The number of hydrogen-bond acceptors (Lipinski definition) is 4. The topological polar surface area (TPSA) is 64.6 Å². The Hall–Kier alpha value is -0.850. The number of amides is 1. The van der Waals surface area contributed by atoms with Crippen molar-refractivity contribution in [3.8, 4) is 0 Å². The van der Waals surface area contributed by atoms with Crippen molar-refractivity contribution in [1.82, 2.24) is 15.5 Å². The molecule has 1 amide bonds. The van der Waals surface area contributed by atoms with Gasteiger partial charge in [0.2, 0.25) is 5.91 Å². The van der Waals surface area contributed by atoms with Gasteiger partial charge in [-0.15, -0.1) is 24.8 Å². The van der Waals surface area contributed by atoms with Crippen molar-refractivity contribution in [1.29, 1.82) is 0 Å². The Morgan fingerprint density at radius 1 is 1.36 bits per heavy atom. The summed E-state index contributed by atoms with van der Waals surface area (Å²) in [6.07, 6.45) is 0.109. The lowest BCUT2D eigenvalue weighted by Crippen LogP contribution is -2.42. The van der Waals surface area contributed by atoms with Gasteiger partial charge in [0.25, 0.3) is 0 Å². The van der Waals surface area contributed by atoms with Gasteiger partial charge < -0.3 is 20.6 Å². The summed E-state index contributed by atoms with van der Waals surface area (Å²) in [5.41, 5.74) is 1.27. The normalized spacial score (nSPS) is 20.1. The van der Waals surface area contributed by atoms with Gasteiger partial charge in [-0.1, -0.05) is 30.3 Å². The van der Waals surface area contributed by atoms with E-state index in [9.17, 15) is 9.90 Å². The van der Waals surface area contributed by atoms with Crippen LogP contribution < -0.4 is 10.6 Å². The maximum absolute atomic E-state index is 11.8. The Kier molecular flexibility index (Phi) is 10.4. The SMILES string of the molecule is CN(CCNC(=O)C1CC(O)CN1)Cc1ccccc1.Cl.Cl. The Morgan fingerprint density at radius 3 is 2.64 bits per heavy atom. The van der Waals surface area contributed by atoms with Crippen LogP contribution in [0.4, 0.5) is 0 Å². The lowest BCUT2D eigenvalue weighted by molar-refractivity contribution is -0.122. The van der Waals surface area contributed by atoms with Crippen LogP contribution in [0, 0.1) is 0 Å². The number of β-amino-alcohol motifs (C(OH)–C–C–N with tert-alkyl or cyclic N) is 1. The highest BCUT2D eigenvalue weighted by Gasteiger charge is 2.27. The van der Waals surface area contributed by atoms with Gasteiger partial charge in [-0.25, -0.2) is 0 Å². The number of carbonyl (C=O) groups is 1. The molecule has 1 aromatic carbocycles. The van der Waals surface area contributed by atoms with Crippen LogP contribution in [0.3, 0.4) is 0 Å². The summed E-state index contributed by atoms with van der Waals surface area (Å²) in [6.45, 7) is 2.80. The number of nitrogens with zero attached hydrogens (tertiary/aromatic N) is 1. The van der Waals surface area contributed by atoms with Crippen LogP contribution in [0.15, 0.2) is 30.3 Å². The lowest BCUT2D eigenvalue weighted by Gasteiger charge is -2.18. The Labute approximate surface area is 144 Å². The first kappa shape index (κ1) is 21.1. The largest absolute Gasteiger partial charge is 0.392 e. The highest BCUT2D eigenvalue weighted by Crippen LogP contribution is 2.06. The third-order valence-electron chi connectivity index (χ3n) is 3.51. The highest BCUT2D eigenvalue weighted by molar-refractivity contribution is 5.85. The standard InChI is InChI=1S/C15H23N3O2.2ClH/c1-18(11-12-5-3-2-4-6-12)8-7-16-15(20)14-9-13(19)10-17-14;;/h2-6,13-14,17,19H,7-11H2,1H3,(H,16,20);2*1H. The number of halogens is 2. The van der Waals surface area contributed by atoms with Crippen LogP contribution in [0.25, 0.3) is 0 Å². The molecule has 0 aliphatic carbocycles. The van der Waals surface area contributed by atoms with Crippen LogP contribution in [-0.2, 0) is 11.3 Å². The second-order valence-corrected chi connectivity index (χ2v) is 5.36. The average Bonchev–Trinajstić information content (AvgIpc) is 2.86. The van der Waals surface area contributed by atoms with Gasteiger partial charge in [0, 0.05) is 26.2 Å². The van der Waals surface area contributed by atoms with Crippen LogP contribution in [0.1, 0.15) is 12.0 Å². The van der Waals surface area contributed by atoms with Gasteiger partial charge >= 0.3 is 0 Å². The summed E-state index contributed by atoms with van der Waals surface area (Å²) < 4.78 is 0. The van der Waals surface area contributed by atoms with Crippen LogP contribution >= 0.6 is 24.8 Å². The first-order valence-corrected chi connectivity index (χ1v) is 7.07. The predicted octanol–water partition coefficient (Wildman–Crippen LogP) is 0.801. The van der Waals surface area contributed by atoms with E-state index >= 15 is 0 Å². The third-order valence-corrected chi connectivity index (χ3v) is 3.51. The molecule has 0 spiro atoms. The van der Waals surface area contributed by atoms with Gasteiger partial charge in [-0.3, -0.25) is 4.79 Å². The third kappa shape index (κ3) is 6.94. The van der Waals surface area contributed by atoms with Crippen molar-refractivity contribution in [2.24, 2.45) is 0 Å². The zero-order valence-electron chi connectivity index (χ0n) is 12.7. The molecule has 0 bridgehead atoms. The van der Waals surface area contributed by atoms with Crippen molar-refractivity contribution < 1.29 is 9.90 Å². The average molecular weight is 350 g/mol. The molecule has 1 aliphatic heterocycles. The fourth-order valence-electron chi connectivity index (χ4n) is 2.38. The first-order valence-electron chi connectivity index (χ1n) is 7.07. The number of rotatable bonds is 6. The molecular formula is C15H25Cl2N3O2. The molecule has 1 fully saturated rings. The molecule has 3 N–H and O–H groups in total. The molecule has 1 heterocycles. The van der Waals surface area contributed by atoms with Crippen molar-refractivity contribution in [2.75, 3.05) is 26.7 Å². The molecule has 1 aliphatic rings. The molecule has 0 radical (unpaired) electrons. The zero-order chi connectivity index (χ0) is 14.4. The molecule has 2 unspecified atom stereocenters. The Bertz CT molecular complexity index is 434. The number of benzene rings is 1. The maximum Gasteiger partial charge on any atom is 0.237 e. The number of likely N-dealkylation sites (N-methyl/N-ethyl adjacent to an activating group) is 1. The van der Waals surface area contributed by atoms with E-state index in [0.717, 1.165) is 13.1 Å². The summed E-state index contributed by atoms with van der Waals surface area (Å²) >= 11 is 0. The van der Waals surface area contributed by atoms with E-state index in [-0.39, 0.29) is 36.8 Å². The molecule has 126 valence electrons. The Balaban J connectivity index is 0.00000220. The molecular weight excluding hydrogens is 325 g/mol. The fraction of sp³-hybridized carbons (Fsp3) is 0.533. The smallest absolute Gasteiger partial charge is 0.237 e. The zero-order valence-corrected chi connectivity index (χ0v) is 14.3. The maximum atomic E-state index is 11.8. The molecule has 1 saturated heterocycles. The molecule has 0 saturated carbocycles. The minimum atomic E-state index is -0.397. The highest BCUT2D eigenvalue weighted by atomic mass is 35.5. The number of aliphatic hydroxyl groups excluding tert-OH is 1. The minimum absolute atomic E-state index is 0. The van der Waals surface area contributed by atoms with E-state index < -0.39 is 6.10 Å². The van der Waals surface area contributed by atoms with E-state index in [1.807, 2.05) is 25.2 Å². The van der Waals surface area contributed by atoms with Gasteiger partial charge in [0.1, 0.15) is 0 Å². The van der Waals surface area contributed by atoms with Crippen molar-refractivity contribution in [2.45, 2.75) is 25.1 Å². The summed E-state index contributed by atoms with van der Waals surface area (Å²) in [7, 11) is 2.04. The molecule has 1 aromatic rings. The minimum Gasteiger partial charge on any atom is -0.392 e. The Morgan fingerprint density at radius 2 is 2.05 bits per heavy atom. The van der Waals surface area contributed by atoms with Gasteiger partial charge in [0.05, 0.1) is 12.1 Å². The van der Waals surface area contributed by atoms with Crippen LogP contribution in [0.2, 0.25) is 0 Å². The quantitative estimate of drug-likeness (QED) is 0.710. The number of carbonyl (C=O) groups excluding carboxylic acids is 1. The number of nitrogens with one attached hydrogen (secondary N) is 2. The van der Waals surface area contributed by atoms with Crippen LogP contribution in [-0.4, -0.2) is 54.7 Å². The molecule has 2 rings (SSSR count). The van der Waals surface area contributed by atoms with Crippen molar-refractivity contribution in [3.05, 3.63) is 35.9 Å². The van der Waals surface area contributed by atoms with Gasteiger partial charge in [-0.2, -0.15) is 0 Å². The van der Waals surface area contributed by atoms with Crippen LogP contribution in [0.5, 0.6) is 0 Å². The molecule has 7 heteroatoms. The summed E-state index contributed by atoms with van der Waals surface area (Å²) in [5, 5.41) is 15.3. The molecule has 2 atom stereocenters. The van der Waals surface area contributed by atoms with Gasteiger partial charge in [0.15, 0.2) is 0 Å². The summed E-state index contributed by atoms with van der Waals surface area (Å²) in [6, 6.07) is 10.0. The van der Waals surface area contributed by atoms with Crippen molar-refractivity contribution >= 4 is 30.7 Å².